The fourth-order valence-electron chi connectivity index (χ4n) is 4.68. The van der Waals surface area contributed by atoms with Gasteiger partial charge in [0, 0.05) is 32.1 Å². The maximum absolute atomic E-state index is 13.6. The molecule has 3 rings (SSSR count). The molecule has 178 valence electrons. The number of aromatic nitrogens is 2. The van der Waals surface area contributed by atoms with Gasteiger partial charge in [0.2, 0.25) is 5.91 Å². The number of benzene rings is 1. The van der Waals surface area contributed by atoms with Crippen molar-refractivity contribution in [3.05, 3.63) is 47.2 Å². The Balaban J connectivity index is 1.96. The first-order chi connectivity index (χ1) is 15.6. The van der Waals surface area contributed by atoms with Crippen molar-refractivity contribution in [2.24, 2.45) is 11.8 Å². The van der Waals surface area contributed by atoms with E-state index in [1.807, 2.05) is 28.0 Å². The minimum Gasteiger partial charge on any atom is -0.336 e. The quantitative estimate of drug-likeness (QED) is 0.634. The van der Waals surface area contributed by atoms with Crippen molar-refractivity contribution in [2.45, 2.75) is 66.8 Å². The average molecular weight is 451 g/mol. The number of carbonyl (C=O) groups excluding carboxylic acids is 2. The molecule has 6 nitrogen and oxygen atoms in total. The average Bonchev–Trinajstić information content (AvgIpc) is 2.77. The van der Waals surface area contributed by atoms with Gasteiger partial charge in [0.1, 0.15) is 0 Å². The molecule has 1 aromatic carbocycles. The molecule has 0 saturated carbocycles. The molecule has 2 heterocycles. The highest BCUT2D eigenvalue weighted by molar-refractivity contribution is 5.94. The number of amides is 2. The lowest BCUT2D eigenvalue weighted by Crippen LogP contribution is -2.58. The monoisotopic (exact) mass is 450 g/mol. The SMILES string of the molecule is CC(=O)N1CCN(C(=O)c2nnc(-c3ccccc3C(C)C)cc2CC(C)C)CC1C(C)C. The molecule has 2 aromatic rings. The maximum atomic E-state index is 13.6. The summed E-state index contributed by atoms with van der Waals surface area (Å²) in [6, 6.07) is 10.3. The van der Waals surface area contributed by atoms with Crippen molar-refractivity contribution in [3.8, 4) is 11.3 Å². The van der Waals surface area contributed by atoms with E-state index in [-0.39, 0.29) is 23.8 Å². The molecule has 1 saturated heterocycles. The van der Waals surface area contributed by atoms with Crippen LogP contribution in [-0.2, 0) is 11.2 Å². The van der Waals surface area contributed by atoms with Gasteiger partial charge in [-0.1, -0.05) is 65.8 Å². The summed E-state index contributed by atoms with van der Waals surface area (Å²) in [6.07, 6.45) is 0.758. The minimum absolute atomic E-state index is 0.0129. The second kappa shape index (κ2) is 10.4. The van der Waals surface area contributed by atoms with Gasteiger partial charge < -0.3 is 9.80 Å². The second-order valence-electron chi connectivity index (χ2n) is 10.2. The minimum atomic E-state index is -0.0873. The molecule has 6 heteroatoms. The summed E-state index contributed by atoms with van der Waals surface area (Å²) in [6.45, 7) is 16.0. The van der Waals surface area contributed by atoms with E-state index in [1.54, 1.807) is 6.92 Å². The Bertz CT molecular complexity index is 999. The highest BCUT2D eigenvalue weighted by Crippen LogP contribution is 2.29. The van der Waals surface area contributed by atoms with Crippen LogP contribution in [0.2, 0.25) is 0 Å². The van der Waals surface area contributed by atoms with Gasteiger partial charge in [-0.15, -0.1) is 10.2 Å². The molecule has 33 heavy (non-hydrogen) atoms. The van der Waals surface area contributed by atoms with Gasteiger partial charge in [-0.2, -0.15) is 0 Å². The van der Waals surface area contributed by atoms with Crippen LogP contribution in [0.15, 0.2) is 30.3 Å². The lowest BCUT2D eigenvalue weighted by Gasteiger charge is -2.43. The number of rotatable bonds is 6. The number of carbonyl (C=O) groups is 2. The van der Waals surface area contributed by atoms with Crippen LogP contribution in [0.3, 0.4) is 0 Å². The first-order valence-corrected chi connectivity index (χ1v) is 12.1. The van der Waals surface area contributed by atoms with E-state index >= 15 is 0 Å². The standard InChI is InChI=1S/C27H38N4O2/c1-17(2)14-21-15-24(23-11-9-8-10-22(23)18(3)4)28-29-26(21)27(33)30-12-13-31(20(7)32)25(16-30)19(5)6/h8-11,15,17-19,25H,12-14,16H2,1-7H3. The molecular weight excluding hydrogens is 412 g/mol. The molecule has 1 atom stereocenters. The Morgan fingerprint density at radius 3 is 2.33 bits per heavy atom. The fourth-order valence-corrected chi connectivity index (χ4v) is 4.68. The van der Waals surface area contributed by atoms with Gasteiger partial charge >= 0.3 is 0 Å². The Kier molecular flexibility index (Phi) is 7.88. The summed E-state index contributed by atoms with van der Waals surface area (Å²) >= 11 is 0. The first-order valence-electron chi connectivity index (χ1n) is 12.1. The highest BCUT2D eigenvalue weighted by Gasteiger charge is 2.34. The summed E-state index contributed by atoms with van der Waals surface area (Å²) in [5.74, 6) is 0.987. The predicted molar refractivity (Wildman–Crippen MR) is 132 cm³/mol. The van der Waals surface area contributed by atoms with Crippen molar-refractivity contribution in [2.75, 3.05) is 19.6 Å². The van der Waals surface area contributed by atoms with Crippen molar-refractivity contribution in [1.82, 2.24) is 20.0 Å². The third-order valence-electron chi connectivity index (χ3n) is 6.44. The van der Waals surface area contributed by atoms with Crippen LogP contribution < -0.4 is 0 Å². The van der Waals surface area contributed by atoms with Gasteiger partial charge in [0.05, 0.1) is 11.7 Å². The third-order valence-corrected chi connectivity index (χ3v) is 6.44. The van der Waals surface area contributed by atoms with Gasteiger partial charge in [0.15, 0.2) is 5.69 Å². The molecule has 1 aromatic heterocycles. The molecule has 2 amide bonds. The van der Waals surface area contributed by atoms with Gasteiger partial charge in [-0.3, -0.25) is 9.59 Å². The predicted octanol–water partition coefficient (Wildman–Crippen LogP) is 4.79. The Morgan fingerprint density at radius 1 is 1.03 bits per heavy atom. The molecule has 0 radical (unpaired) electrons. The van der Waals surface area contributed by atoms with Gasteiger partial charge in [-0.25, -0.2) is 0 Å². The summed E-state index contributed by atoms with van der Waals surface area (Å²) in [4.78, 5) is 29.4. The van der Waals surface area contributed by atoms with Crippen molar-refractivity contribution >= 4 is 11.8 Å². The number of nitrogens with zero attached hydrogens (tertiary/aromatic N) is 4. The summed E-state index contributed by atoms with van der Waals surface area (Å²) in [7, 11) is 0. The van der Waals surface area contributed by atoms with Crippen LogP contribution in [0.5, 0.6) is 0 Å². The second-order valence-corrected chi connectivity index (χ2v) is 10.2. The van der Waals surface area contributed by atoms with E-state index in [4.69, 9.17) is 0 Å². The Hall–Kier alpha value is -2.76. The maximum Gasteiger partial charge on any atom is 0.274 e. The zero-order chi connectivity index (χ0) is 24.3. The van der Waals surface area contributed by atoms with E-state index in [0.717, 1.165) is 23.2 Å². The summed E-state index contributed by atoms with van der Waals surface area (Å²) < 4.78 is 0. The fraction of sp³-hybridized carbons (Fsp3) is 0.556. The van der Waals surface area contributed by atoms with E-state index in [9.17, 15) is 9.59 Å². The van der Waals surface area contributed by atoms with Gasteiger partial charge in [0.25, 0.3) is 5.91 Å². The van der Waals surface area contributed by atoms with Crippen LogP contribution in [-0.4, -0.2) is 57.5 Å². The molecular formula is C27H38N4O2. The Morgan fingerprint density at radius 2 is 1.73 bits per heavy atom. The zero-order valence-electron chi connectivity index (χ0n) is 21.1. The van der Waals surface area contributed by atoms with Crippen LogP contribution in [0.1, 0.15) is 76.0 Å². The topological polar surface area (TPSA) is 66.4 Å². The van der Waals surface area contributed by atoms with Crippen molar-refractivity contribution in [3.63, 3.8) is 0 Å². The van der Waals surface area contributed by atoms with Gasteiger partial charge in [-0.05, 0) is 41.4 Å². The number of piperazine rings is 1. The van der Waals surface area contributed by atoms with Crippen LogP contribution >= 0.6 is 0 Å². The smallest absolute Gasteiger partial charge is 0.274 e. The van der Waals surface area contributed by atoms with E-state index in [0.29, 0.717) is 37.2 Å². The molecule has 0 aliphatic carbocycles. The summed E-state index contributed by atoms with van der Waals surface area (Å²) in [5.41, 5.74) is 4.48. The number of hydrogen-bond acceptors (Lipinski definition) is 4. The van der Waals surface area contributed by atoms with E-state index in [1.165, 1.54) is 5.56 Å². The Labute approximate surface area is 198 Å². The number of hydrogen-bond donors (Lipinski definition) is 0. The lowest BCUT2D eigenvalue weighted by atomic mass is 9.93. The zero-order valence-corrected chi connectivity index (χ0v) is 21.1. The lowest BCUT2D eigenvalue weighted by molar-refractivity contribution is -0.134. The summed E-state index contributed by atoms with van der Waals surface area (Å²) in [5, 5.41) is 9.00. The van der Waals surface area contributed by atoms with E-state index < -0.39 is 0 Å². The van der Waals surface area contributed by atoms with Crippen molar-refractivity contribution in [1.29, 1.82) is 0 Å². The molecule has 0 bridgehead atoms. The normalized spacial score (nSPS) is 16.7. The van der Waals surface area contributed by atoms with Crippen LogP contribution in [0.25, 0.3) is 11.3 Å². The molecule has 1 aliphatic rings. The first kappa shape index (κ1) is 24.9. The van der Waals surface area contributed by atoms with Crippen LogP contribution in [0.4, 0.5) is 0 Å². The molecule has 1 unspecified atom stereocenters. The molecule has 0 N–H and O–H groups in total. The third kappa shape index (κ3) is 5.60. The molecule has 0 spiro atoms. The highest BCUT2D eigenvalue weighted by atomic mass is 16.2. The van der Waals surface area contributed by atoms with Crippen LogP contribution in [0, 0.1) is 11.8 Å². The molecule has 1 aliphatic heterocycles. The largest absolute Gasteiger partial charge is 0.336 e. The van der Waals surface area contributed by atoms with Crippen molar-refractivity contribution < 1.29 is 9.59 Å². The molecule has 1 fully saturated rings. The van der Waals surface area contributed by atoms with E-state index in [2.05, 4.69) is 63.9 Å².